The van der Waals surface area contributed by atoms with E-state index in [4.69, 9.17) is 5.26 Å². The maximum Gasteiger partial charge on any atom is 0.224 e. The Hall–Kier alpha value is -1.82. The van der Waals surface area contributed by atoms with Gasteiger partial charge in [0.1, 0.15) is 0 Å². The number of carbonyl (C=O) groups excluding carboxylic acids is 1. The third-order valence-corrected chi connectivity index (χ3v) is 3.15. The third kappa shape index (κ3) is 1.92. The molecule has 0 aliphatic carbocycles. The van der Waals surface area contributed by atoms with E-state index in [1.807, 2.05) is 37.3 Å². The second-order valence-corrected chi connectivity index (χ2v) is 4.19. The molecule has 0 spiro atoms. The SMILES string of the molecule is CC1C(C#N)CC(=O)N1Cc1ccccc1. The predicted octanol–water partition coefficient (Wildman–Crippen LogP) is 1.95. The molecule has 1 amide bonds. The minimum Gasteiger partial charge on any atom is -0.334 e. The van der Waals surface area contributed by atoms with Gasteiger partial charge in [0.2, 0.25) is 5.91 Å². The van der Waals surface area contributed by atoms with Crippen molar-refractivity contribution in [2.45, 2.75) is 25.9 Å². The van der Waals surface area contributed by atoms with Crippen LogP contribution in [-0.4, -0.2) is 16.8 Å². The summed E-state index contributed by atoms with van der Waals surface area (Å²) < 4.78 is 0. The number of rotatable bonds is 2. The van der Waals surface area contributed by atoms with E-state index in [0.29, 0.717) is 13.0 Å². The first kappa shape index (κ1) is 10.7. The molecular formula is C13H14N2O. The summed E-state index contributed by atoms with van der Waals surface area (Å²) in [6, 6.07) is 12.1. The highest BCUT2D eigenvalue weighted by Gasteiger charge is 2.36. The van der Waals surface area contributed by atoms with Crippen molar-refractivity contribution in [3.8, 4) is 6.07 Å². The Morgan fingerprint density at radius 3 is 2.69 bits per heavy atom. The van der Waals surface area contributed by atoms with Crippen molar-refractivity contribution in [3.63, 3.8) is 0 Å². The van der Waals surface area contributed by atoms with Crippen LogP contribution in [0.3, 0.4) is 0 Å². The van der Waals surface area contributed by atoms with Gasteiger partial charge in [0.25, 0.3) is 0 Å². The molecule has 0 radical (unpaired) electrons. The lowest BCUT2D eigenvalue weighted by molar-refractivity contribution is -0.129. The molecule has 1 aliphatic heterocycles. The monoisotopic (exact) mass is 214 g/mol. The molecule has 2 unspecified atom stereocenters. The second-order valence-electron chi connectivity index (χ2n) is 4.19. The van der Waals surface area contributed by atoms with Gasteiger partial charge in [-0.2, -0.15) is 5.26 Å². The normalized spacial score (nSPS) is 24.5. The van der Waals surface area contributed by atoms with Crippen molar-refractivity contribution in [2.24, 2.45) is 5.92 Å². The van der Waals surface area contributed by atoms with Gasteiger partial charge in [0, 0.05) is 19.0 Å². The molecule has 1 heterocycles. The summed E-state index contributed by atoms with van der Waals surface area (Å²) >= 11 is 0. The number of hydrogen-bond donors (Lipinski definition) is 0. The third-order valence-electron chi connectivity index (χ3n) is 3.15. The average molecular weight is 214 g/mol. The first-order chi connectivity index (χ1) is 7.72. The Kier molecular flexibility index (Phi) is 2.91. The summed E-state index contributed by atoms with van der Waals surface area (Å²) in [4.78, 5) is 13.5. The van der Waals surface area contributed by atoms with Gasteiger partial charge in [0.15, 0.2) is 0 Å². The topological polar surface area (TPSA) is 44.1 Å². The lowest BCUT2D eigenvalue weighted by Crippen LogP contribution is -2.32. The van der Waals surface area contributed by atoms with E-state index in [9.17, 15) is 4.79 Å². The van der Waals surface area contributed by atoms with Gasteiger partial charge in [-0.1, -0.05) is 30.3 Å². The molecule has 82 valence electrons. The van der Waals surface area contributed by atoms with Crippen molar-refractivity contribution in [1.82, 2.24) is 4.90 Å². The number of amides is 1. The summed E-state index contributed by atoms with van der Waals surface area (Å²) in [6.45, 7) is 2.56. The number of nitrogens with zero attached hydrogens (tertiary/aromatic N) is 2. The van der Waals surface area contributed by atoms with Crippen molar-refractivity contribution >= 4 is 5.91 Å². The highest BCUT2D eigenvalue weighted by atomic mass is 16.2. The van der Waals surface area contributed by atoms with E-state index in [1.165, 1.54) is 0 Å². The Morgan fingerprint density at radius 1 is 1.44 bits per heavy atom. The number of likely N-dealkylation sites (tertiary alicyclic amines) is 1. The van der Waals surface area contributed by atoms with Gasteiger partial charge in [-0.3, -0.25) is 4.79 Å². The first-order valence-corrected chi connectivity index (χ1v) is 5.45. The van der Waals surface area contributed by atoms with Crippen LogP contribution in [0.2, 0.25) is 0 Å². The van der Waals surface area contributed by atoms with E-state index in [-0.39, 0.29) is 17.9 Å². The minimum atomic E-state index is -0.156. The molecular weight excluding hydrogens is 200 g/mol. The van der Waals surface area contributed by atoms with Gasteiger partial charge in [-0.25, -0.2) is 0 Å². The standard InChI is InChI=1S/C13H14N2O/c1-10-12(8-14)7-13(16)15(10)9-11-5-3-2-4-6-11/h2-6,10,12H,7,9H2,1H3. The maximum absolute atomic E-state index is 11.7. The number of hydrogen-bond acceptors (Lipinski definition) is 2. The molecule has 0 bridgehead atoms. The fourth-order valence-electron chi connectivity index (χ4n) is 2.09. The minimum absolute atomic E-state index is 0.0257. The van der Waals surface area contributed by atoms with Crippen molar-refractivity contribution in [3.05, 3.63) is 35.9 Å². The van der Waals surface area contributed by atoms with Gasteiger partial charge >= 0.3 is 0 Å². The van der Waals surface area contributed by atoms with Crippen LogP contribution in [0.4, 0.5) is 0 Å². The van der Waals surface area contributed by atoms with Crippen LogP contribution in [0.5, 0.6) is 0 Å². The Labute approximate surface area is 95.3 Å². The first-order valence-electron chi connectivity index (χ1n) is 5.45. The van der Waals surface area contributed by atoms with E-state index in [2.05, 4.69) is 6.07 Å². The smallest absolute Gasteiger partial charge is 0.224 e. The zero-order chi connectivity index (χ0) is 11.5. The molecule has 1 aromatic carbocycles. The van der Waals surface area contributed by atoms with Gasteiger partial charge in [-0.15, -0.1) is 0 Å². The van der Waals surface area contributed by atoms with Crippen molar-refractivity contribution in [1.29, 1.82) is 5.26 Å². The molecule has 3 nitrogen and oxygen atoms in total. The largest absolute Gasteiger partial charge is 0.334 e. The molecule has 1 aromatic rings. The van der Waals surface area contributed by atoms with Crippen molar-refractivity contribution < 1.29 is 4.79 Å². The van der Waals surface area contributed by atoms with Crippen LogP contribution in [0.25, 0.3) is 0 Å². The summed E-state index contributed by atoms with van der Waals surface area (Å²) in [7, 11) is 0. The average Bonchev–Trinajstić information content (AvgIpc) is 2.58. The second kappa shape index (κ2) is 4.36. The molecule has 0 aromatic heterocycles. The zero-order valence-corrected chi connectivity index (χ0v) is 9.26. The highest BCUT2D eigenvalue weighted by Crippen LogP contribution is 2.26. The predicted molar refractivity (Wildman–Crippen MR) is 60.2 cm³/mol. The quantitative estimate of drug-likeness (QED) is 0.755. The molecule has 2 atom stereocenters. The molecule has 1 aliphatic rings. The van der Waals surface area contributed by atoms with Crippen LogP contribution < -0.4 is 0 Å². The highest BCUT2D eigenvalue weighted by molar-refractivity contribution is 5.79. The zero-order valence-electron chi connectivity index (χ0n) is 9.26. The van der Waals surface area contributed by atoms with Crippen LogP contribution in [0, 0.1) is 17.2 Å². The lowest BCUT2D eigenvalue weighted by atomic mass is 10.0. The number of nitriles is 1. The number of carbonyl (C=O) groups is 1. The van der Waals surface area contributed by atoms with E-state index in [0.717, 1.165) is 5.56 Å². The summed E-state index contributed by atoms with van der Waals surface area (Å²) in [5.41, 5.74) is 1.11. The van der Waals surface area contributed by atoms with Gasteiger partial charge in [-0.05, 0) is 12.5 Å². The molecule has 1 saturated heterocycles. The molecule has 16 heavy (non-hydrogen) atoms. The molecule has 3 heteroatoms. The van der Waals surface area contributed by atoms with Crippen molar-refractivity contribution in [2.75, 3.05) is 0 Å². The van der Waals surface area contributed by atoms with Crippen LogP contribution in [0.15, 0.2) is 30.3 Å². The van der Waals surface area contributed by atoms with E-state index in [1.54, 1.807) is 4.90 Å². The molecule has 1 fully saturated rings. The molecule has 0 saturated carbocycles. The summed E-state index contributed by atoms with van der Waals surface area (Å²) in [5, 5.41) is 8.91. The molecule has 0 N–H and O–H groups in total. The number of benzene rings is 1. The summed E-state index contributed by atoms with van der Waals surface area (Å²) in [6.07, 6.45) is 0.366. The van der Waals surface area contributed by atoms with E-state index >= 15 is 0 Å². The Balaban J connectivity index is 2.12. The van der Waals surface area contributed by atoms with Crippen LogP contribution >= 0.6 is 0 Å². The van der Waals surface area contributed by atoms with Gasteiger partial charge < -0.3 is 4.90 Å². The lowest BCUT2D eigenvalue weighted by Gasteiger charge is -2.22. The Morgan fingerprint density at radius 2 is 2.12 bits per heavy atom. The van der Waals surface area contributed by atoms with Gasteiger partial charge in [0.05, 0.1) is 12.0 Å². The Bertz CT molecular complexity index is 421. The van der Waals surface area contributed by atoms with Crippen LogP contribution in [0.1, 0.15) is 18.9 Å². The molecule has 2 rings (SSSR count). The maximum atomic E-state index is 11.7. The van der Waals surface area contributed by atoms with Crippen LogP contribution in [-0.2, 0) is 11.3 Å². The summed E-state index contributed by atoms with van der Waals surface area (Å²) in [5.74, 6) is -0.0703. The van der Waals surface area contributed by atoms with E-state index < -0.39 is 0 Å². The fourth-order valence-corrected chi connectivity index (χ4v) is 2.09. The fraction of sp³-hybridized carbons (Fsp3) is 0.385.